The second-order valence-corrected chi connectivity index (χ2v) is 5.58. The molecule has 2 rings (SSSR count). The lowest BCUT2D eigenvalue weighted by atomic mass is 10.0. The van der Waals surface area contributed by atoms with E-state index in [0.717, 1.165) is 30.5 Å². The van der Waals surface area contributed by atoms with Crippen molar-refractivity contribution in [2.45, 2.75) is 32.2 Å². The van der Waals surface area contributed by atoms with E-state index in [1.54, 1.807) is 18.5 Å². The Hall–Kier alpha value is -2.37. The molecule has 0 spiro atoms. The van der Waals surface area contributed by atoms with Gasteiger partial charge in [0.05, 0.1) is 11.6 Å². The average Bonchev–Trinajstić information content (AvgIpc) is 2.60. The molecule has 0 saturated heterocycles. The van der Waals surface area contributed by atoms with Gasteiger partial charge in [-0.2, -0.15) is 0 Å². The minimum absolute atomic E-state index is 0.321. The second kappa shape index (κ2) is 7.95. The Kier molecular flexibility index (Phi) is 5.95. The Morgan fingerprint density at radius 2 is 1.96 bits per heavy atom. The molecule has 0 saturated carbocycles. The molecule has 0 N–H and O–H groups in total. The van der Waals surface area contributed by atoms with Gasteiger partial charge in [0.15, 0.2) is 17.5 Å². The highest BCUT2D eigenvalue weighted by Crippen LogP contribution is 2.27. The third-order valence-corrected chi connectivity index (χ3v) is 3.95. The number of nitrogens with zero attached hydrogens (tertiary/aromatic N) is 2. The van der Waals surface area contributed by atoms with Crippen LogP contribution in [0.4, 0.5) is 13.2 Å². The number of carbonyl (C=O) groups excluding carboxylic acids is 1. The van der Waals surface area contributed by atoms with Crippen molar-refractivity contribution in [1.82, 2.24) is 9.88 Å². The first-order chi connectivity index (χ1) is 11.5. The summed E-state index contributed by atoms with van der Waals surface area (Å²) in [6, 6.07) is 4.99. The molecule has 1 amide bonds. The molecule has 2 aromatic rings. The highest BCUT2D eigenvalue weighted by atomic mass is 19.2. The monoisotopic (exact) mass is 336 g/mol. The van der Waals surface area contributed by atoms with Crippen molar-refractivity contribution in [3.8, 4) is 0 Å². The van der Waals surface area contributed by atoms with Gasteiger partial charge in [0.1, 0.15) is 0 Å². The number of aromatic nitrogens is 1. The highest BCUT2D eigenvalue weighted by Gasteiger charge is 2.26. The zero-order valence-corrected chi connectivity index (χ0v) is 13.6. The number of benzene rings is 1. The number of unbranched alkanes of at least 4 members (excludes halogenated alkanes) is 1. The number of hydrogen-bond acceptors (Lipinski definition) is 2. The van der Waals surface area contributed by atoms with Gasteiger partial charge in [0.2, 0.25) is 0 Å². The normalized spacial score (nSPS) is 12.0. The van der Waals surface area contributed by atoms with Gasteiger partial charge in [0, 0.05) is 19.4 Å². The molecule has 24 heavy (non-hydrogen) atoms. The number of carbonyl (C=O) groups is 1. The second-order valence-electron chi connectivity index (χ2n) is 5.58. The Labute approximate surface area is 139 Å². The summed E-state index contributed by atoms with van der Waals surface area (Å²) in [6.07, 6.45) is 5.72. The SMILES string of the molecule is CCCCC(c1cccnc1)N(C)C(=O)c1ccc(F)c(F)c1F. The summed E-state index contributed by atoms with van der Waals surface area (Å²) < 4.78 is 40.4. The average molecular weight is 336 g/mol. The molecule has 0 bridgehead atoms. The van der Waals surface area contributed by atoms with Crippen molar-refractivity contribution in [2.24, 2.45) is 0 Å². The summed E-state index contributed by atoms with van der Waals surface area (Å²) in [4.78, 5) is 18.0. The van der Waals surface area contributed by atoms with Crippen molar-refractivity contribution in [1.29, 1.82) is 0 Å². The largest absolute Gasteiger partial charge is 0.335 e. The number of rotatable bonds is 6. The van der Waals surface area contributed by atoms with E-state index in [0.29, 0.717) is 6.42 Å². The van der Waals surface area contributed by atoms with Crippen LogP contribution in [0.2, 0.25) is 0 Å². The molecule has 6 heteroatoms. The molecule has 1 aromatic carbocycles. The molecular formula is C18H19F3N2O. The fraction of sp³-hybridized carbons (Fsp3) is 0.333. The lowest BCUT2D eigenvalue weighted by Crippen LogP contribution is -2.32. The van der Waals surface area contributed by atoms with Crippen LogP contribution in [0.3, 0.4) is 0 Å². The molecule has 1 atom stereocenters. The van der Waals surface area contributed by atoms with Gasteiger partial charge in [-0.1, -0.05) is 25.8 Å². The number of halogens is 3. The Morgan fingerprint density at radius 3 is 2.58 bits per heavy atom. The lowest BCUT2D eigenvalue weighted by Gasteiger charge is -2.28. The van der Waals surface area contributed by atoms with Crippen LogP contribution in [-0.4, -0.2) is 22.8 Å². The van der Waals surface area contributed by atoms with E-state index in [1.165, 1.54) is 11.9 Å². The van der Waals surface area contributed by atoms with Gasteiger partial charge in [-0.05, 0) is 30.2 Å². The highest BCUT2D eigenvalue weighted by molar-refractivity contribution is 5.94. The molecule has 1 aromatic heterocycles. The summed E-state index contributed by atoms with van der Waals surface area (Å²) in [6.45, 7) is 2.02. The Balaban J connectivity index is 2.33. The summed E-state index contributed by atoms with van der Waals surface area (Å²) >= 11 is 0. The topological polar surface area (TPSA) is 33.2 Å². The molecule has 128 valence electrons. The van der Waals surface area contributed by atoms with Crippen molar-refractivity contribution in [3.63, 3.8) is 0 Å². The molecular weight excluding hydrogens is 317 g/mol. The van der Waals surface area contributed by atoms with E-state index in [-0.39, 0.29) is 6.04 Å². The smallest absolute Gasteiger partial charge is 0.257 e. The first kappa shape index (κ1) is 18.0. The van der Waals surface area contributed by atoms with Gasteiger partial charge in [-0.3, -0.25) is 9.78 Å². The number of hydrogen-bond donors (Lipinski definition) is 0. The van der Waals surface area contributed by atoms with Crippen molar-refractivity contribution in [2.75, 3.05) is 7.05 Å². The lowest BCUT2D eigenvalue weighted by molar-refractivity contribution is 0.0714. The molecule has 0 aliphatic heterocycles. The summed E-state index contributed by atoms with van der Waals surface area (Å²) in [5, 5.41) is 0. The zero-order valence-electron chi connectivity index (χ0n) is 13.6. The van der Waals surface area contributed by atoms with Crippen LogP contribution in [-0.2, 0) is 0 Å². The fourth-order valence-corrected chi connectivity index (χ4v) is 2.58. The van der Waals surface area contributed by atoms with Crippen molar-refractivity contribution < 1.29 is 18.0 Å². The molecule has 0 radical (unpaired) electrons. The standard InChI is InChI=1S/C18H19F3N2O/c1-3-4-7-15(12-6-5-10-22-11-12)23(2)18(24)13-8-9-14(19)17(21)16(13)20/h5-6,8-11,15H,3-4,7H2,1-2H3. The van der Waals surface area contributed by atoms with Crippen molar-refractivity contribution >= 4 is 5.91 Å². The van der Waals surface area contributed by atoms with E-state index in [4.69, 9.17) is 0 Å². The van der Waals surface area contributed by atoms with E-state index < -0.39 is 28.9 Å². The molecule has 1 unspecified atom stereocenters. The van der Waals surface area contributed by atoms with Crippen LogP contribution >= 0.6 is 0 Å². The van der Waals surface area contributed by atoms with Crippen LogP contribution in [0.1, 0.15) is 48.1 Å². The third kappa shape index (κ3) is 3.75. The van der Waals surface area contributed by atoms with Gasteiger partial charge in [-0.25, -0.2) is 13.2 Å². The molecule has 1 heterocycles. The van der Waals surface area contributed by atoms with Crippen LogP contribution in [0, 0.1) is 17.5 Å². The van der Waals surface area contributed by atoms with Crippen LogP contribution in [0.25, 0.3) is 0 Å². The Morgan fingerprint density at radius 1 is 1.21 bits per heavy atom. The number of amides is 1. The molecule has 0 aliphatic carbocycles. The minimum Gasteiger partial charge on any atom is -0.335 e. The predicted molar refractivity (Wildman–Crippen MR) is 84.9 cm³/mol. The first-order valence-electron chi connectivity index (χ1n) is 7.78. The summed E-state index contributed by atoms with van der Waals surface area (Å²) in [5.74, 6) is -5.12. The van der Waals surface area contributed by atoms with E-state index in [1.807, 2.05) is 13.0 Å². The van der Waals surface area contributed by atoms with Gasteiger partial charge in [-0.15, -0.1) is 0 Å². The number of pyridine rings is 1. The van der Waals surface area contributed by atoms with Gasteiger partial charge < -0.3 is 4.90 Å². The van der Waals surface area contributed by atoms with Crippen LogP contribution < -0.4 is 0 Å². The summed E-state index contributed by atoms with van der Waals surface area (Å²) in [7, 11) is 1.52. The van der Waals surface area contributed by atoms with Crippen LogP contribution in [0.15, 0.2) is 36.7 Å². The van der Waals surface area contributed by atoms with Crippen LogP contribution in [0.5, 0.6) is 0 Å². The van der Waals surface area contributed by atoms with E-state index in [2.05, 4.69) is 4.98 Å². The van der Waals surface area contributed by atoms with E-state index >= 15 is 0 Å². The zero-order chi connectivity index (χ0) is 17.7. The summed E-state index contributed by atoms with van der Waals surface area (Å²) in [5.41, 5.74) is 0.326. The van der Waals surface area contributed by atoms with Crippen molar-refractivity contribution in [3.05, 3.63) is 65.2 Å². The molecule has 3 nitrogen and oxygen atoms in total. The maximum absolute atomic E-state index is 13.9. The molecule has 0 aliphatic rings. The third-order valence-electron chi connectivity index (χ3n) is 3.95. The van der Waals surface area contributed by atoms with Gasteiger partial charge in [0.25, 0.3) is 5.91 Å². The quantitative estimate of drug-likeness (QED) is 0.728. The minimum atomic E-state index is -1.64. The maximum Gasteiger partial charge on any atom is 0.257 e. The van der Waals surface area contributed by atoms with Gasteiger partial charge >= 0.3 is 0 Å². The van der Waals surface area contributed by atoms with E-state index in [9.17, 15) is 18.0 Å². The molecule has 0 fully saturated rings. The Bertz CT molecular complexity index is 707. The first-order valence-corrected chi connectivity index (χ1v) is 7.78. The predicted octanol–water partition coefficient (Wildman–Crippen LogP) is 4.50. The fourth-order valence-electron chi connectivity index (χ4n) is 2.58. The maximum atomic E-state index is 13.9.